The number of amides is 3. The molecule has 0 unspecified atom stereocenters. The minimum absolute atomic E-state index is 0.208. The summed E-state index contributed by atoms with van der Waals surface area (Å²) in [5.41, 5.74) is 0.944. The van der Waals surface area contributed by atoms with E-state index in [4.69, 9.17) is 0 Å². The van der Waals surface area contributed by atoms with Gasteiger partial charge in [-0.2, -0.15) is 0 Å². The number of benzene rings is 2. The molecule has 2 aliphatic heterocycles. The van der Waals surface area contributed by atoms with Gasteiger partial charge in [0.25, 0.3) is 17.6 Å². The number of aromatic nitrogens is 1. The lowest BCUT2D eigenvalue weighted by Gasteiger charge is -2.33. The lowest BCUT2D eigenvalue weighted by atomic mass is 9.94. The minimum Gasteiger partial charge on any atom is -0.333 e. The molecule has 150 valence electrons. The van der Waals surface area contributed by atoms with Gasteiger partial charge in [-0.25, -0.2) is 4.98 Å². The number of H-pyrrole nitrogens is 1. The Kier molecular flexibility index (Phi) is 4.43. The van der Waals surface area contributed by atoms with Gasteiger partial charge in [0.2, 0.25) is 5.91 Å². The highest BCUT2D eigenvalue weighted by atomic mass is 16.2. The lowest BCUT2D eigenvalue weighted by Crippen LogP contribution is -2.53. The van der Waals surface area contributed by atoms with E-state index in [0.29, 0.717) is 42.7 Å². The average Bonchev–Trinajstić information content (AvgIpc) is 2.80. The predicted molar refractivity (Wildman–Crippen MR) is 111 cm³/mol. The van der Waals surface area contributed by atoms with Crippen molar-refractivity contribution in [1.29, 1.82) is 0 Å². The van der Waals surface area contributed by atoms with E-state index >= 15 is 0 Å². The molecule has 0 spiro atoms. The Hall–Kier alpha value is -3.74. The molecule has 3 heterocycles. The number of piperazine rings is 1. The number of hydrogen-bond donors (Lipinski definition) is 0. The van der Waals surface area contributed by atoms with Crippen LogP contribution in [0.1, 0.15) is 20.7 Å². The molecule has 2 aromatic carbocycles. The van der Waals surface area contributed by atoms with Crippen LogP contribution in [0, 0.1) is 0 Å². The molecule has 7 nitrogen and oxygen atoms in total. The molecule has 3 amide bonds. The van der Waals surface area contributed by atoms with Crippen molar-refractivity contribution in [3.05, 3.63) is 71.9 Å². The van der Waals surface area contributed by atoms with Crippen molar-refractivity contribution in [3.63, 3.8) is 0 Å². The van der Waals surface area contributed by atoms with Crippen molar-refractivity contribution in [3.8, 4) is 0 Å². The molecule has 0 radical (unpaired) electrons. The zero-order valence-corrected chi connectivity index (χ0v) is 16.4. The van der Waals surface area contributed by atoms with Crippen molar-refractivity contribution >= 4 is 34.3 Å². The van der Waals surface area contributed by atoms with Crippen LogP contribution in [0.5, 0.6) is 0 Å². The third kappa shape index (κ3) is 2.99. The van der Waals surface area contributed by atoms with Gasteiger partial charge in [0.05, 0.1) is 19.3 Å². The quantitative estimate of drug-likeness (QED) is 0.625. The Bertz CT molecular complexity index is 1100. The Morgan fingerprint density at radius 3 is 2.10 bits per heavy atom. The number of rotatable bonds is 3. The van der Waals surface area contributed by atoms with Gasteiger partial charge >= 0.3 is 0 Å². The van der Waals surface area contributed by atoms with Crippen LogP contribution in [-0.2, 0) is 4.79 Å². The molecule has 30 heavy (non-hydrogen) atoms. The van der Waals surface area contributed by atoms with E-state index < -0.39 is 11.8 Å². The summed E-state index contributed by atoms with van der Waals surface area (Å²) in [7, 11) is 0. The summed E-state index contributed by atoms with van der Waals surface area (Å²) < 4.78 is 0. The fourth-order valence-electron chi connectivity index (χ4n) is 4.24. The maximum atomic E-state index is 13.0. The van der Waals surface area contributed by atoms with Gasteiger partial charge in [0.1, 0.15) is 19.6 Å². The molecule has 0 saturated carbocycles. The molecular formula is C23H21N4O3+. The topological polar surface area (TPSA) is 75.1 Å². The molecule has 3 aromatic rings. The second-order valence-corrected chi connectivity index (χ2v) is 7.52. The van der Waals surface area contributed by atoms with Crippen LogP contribution in [-0.4, -0.2) is 60.2 Å². The van der Waals surface area contributed by atoms with Gasteiger partial charge in [0.15, 0.2) is 0 Å². The first kappa shape index (κ1) is 18.3. The number of aromatic amines is 1. The Morgan fingerprint density at radius 2 is 1.50 bits per heavy atom. The fourth-order valence-corrected chi connectivity index (χ4v) is 4.24. The van der Waals surface area contributed by atoms with Crippen LogP contribution >= 0.6 is 0 Å². The van der Waals surface area contributed by atoms with Gasteiger partial charge < -0.3 is 4.90 Å². The Balaban J connectivity index is 1.31. The fraction of sp³-hybridized carbons (Fsp3) is 0.217. The summed E-state index contributed by atoms with van der Waals surface area (Å²) in [5.74, 6) is -0.0130. The van der Waals surface area contributed by atoms with Crippen LogP contribution in [0.4, 0.5) is 5.82 Å². The summed E-state index contributed by atoms with van der Waals surface area (Å²) in [4.78, 5) is 47.1. The summed E-state index contributed by atoms with van der Waals surface area (Å²) in [6.45, 7) is 2.24. The minimum atomic E-state index is -0.407. The zero-order chi connectivity index (χ0) is 20.7. The third-order valence-electron chi connectivity index (χ3n) is 5.81. The largest absolute Gasteiger partial charge is 0.333 e. The van der Waals surface area contributed by atoms with E-state index in [0.717, 1.165) is 16.1 Å². The van der Waals surface area contributed by atoms with Gasteiger partial charge in [-0.15, -0.1) is 0 Å². The van der Waals surface area contributed by atoms with Crippen LogP contribution in [0.2, 0.25) is 0 Å². The predicted octanol–water partition coefficient (Wildman–Crippen LogP) is 1.60. The monoisotopic (exact) mass is 401 g/mol. The number of hydrogen-bond acceptors (Lipinski definition) is 4. The van der Waals surface area contributed by atoms with Crippen LogP contribution in [0.15, 0.2) is 60.8 Å². The lowest BCUT2D eigenvalue weighted by molar-refractivity contribution is -0.364. The molecule has 7 heteroatoms. The standard InChI is InChI=1S/C23H20N4O3/c28-20(26-13-11-25(12-14-26)19-9-1-2-10-24-19)15-27-22(29)17-7-3-5-16-6-4-8-18(21(16)17)23(27)30/h1-10H,11-15H2/p+1. The van der Waals surface area contributed by atoms with E-state index in [1.54, 1.807) is 29.2 Å². The molecule has 1 saturated heterocycles. The first-order valence-electron chi connectivity index (χ1n) is 10.0. The molecule has 1 aromatic heterocycles. The SMILES string of the molecule is O=C(CN1C(=O)c2cccc3cccc(c23)C1=O)N1CCN(c2cccc[nH+]2)CC1. The van der Waals surface area contributed by atoms with Crippen LogP contribution < -0.4 is 9.88 Å². The van der Waals surface area contributed by atoms with Gasteiger partial charge in [-0.05, 0) is 23.6 Å². The summed E-state index contributed by atoms with van der Waals surface area (Å²) in [6, 6.07) is 16.7. The highest BCUT2D eigenvalue weighted by Gasteiger charge is 2.35. The normalized spacial score (nSPS) is 16.3. The van der Waals surface area contributed by atoms with Gasteiger partial charge in [0, 0.05) is 22.6 Å². The van der Waals surface area contributed by atoms with Crippen molar-refractivity contribution in [2.45, 2.75) is 0 Å². The van der Waals surface area contributed by atoms with Crippen molar-refractivity contribution in [1.82, 2.24) is 9.80 Å². The molecule has 1 N–H and O–H groups in total. The third-order valence-corrected chi connectivity index (χ3v) is 5.81. The van der Waals surface area contributed by atoms with Crippen LogP contribution in [0.25, 0.3) is 10.8 Å². The maximum Gasteiger partial charge on any atom is 0.274 e. The molecule has 5 rings (SSSR count). The number of nitrogens with one attached hydrogen (secondary N) is 1. The maximum absolute atomic E-state index is 13.0. The van der Waals surface area contributed by atoms with Gasteiger partial charge in [-0.1, -0.05) is 30.3 Å². The summed E-state index contributed by atoms with van der Waals surface area (Å²) in [6.07, 6.45) is 1.87. The zero-order valence-electron chi connectivity index (χ0n) is 16.4. The van der Waals surface area contributed by atoms with Crippen molar-refractivity contribution < 1.29 is 19.4 Å². The number of imide groups is 1. The van der Waals surface area contributed by atoms with E-state index in [-0.39, 0.29) is 12.5 Å². The summed E-state index contributed by atoms with van der Waals surface area (Å²) in [5, 5.41) is 1.53. The summed E-state index contributed by atoms with van der Waals surface area (Å²) >= 11 is 0. The first-order chi connectivity index (χ1) is 14.6. The second-order valence-electron chi connectivity index (χ2n) is 7.52. The van der Waals surface area contributed by atoms with E-state index in [1.807, 2.05) is 36.5 Å². The second kappa shape index (κ2) is 7.26. The van der Waals surface area contributed by atoms with Crippen molar-refractivity contribution in [2.75, 3.05) is 37.6 Å². The number of pyridine rings is 1. The van der Waals surface area contributed by atoms with Crippen LogP contribution in [0.3, 0.4) is 0 Å². The molecular weight excluding hydrogens is 380 g/mol. The highest BCUT2D eigenvalue weighted by Crippen LogP contribution is 2.29. The molecule has 2 aliphatic rings. The van der Waals surface area contributed by atoms with E-state index in [9.17, 15) is 14.4 Å². The Labute approximate surface area is 173 Å². The number of anilines is 1. The number of nitrogens with zero attached hydrogens (tertiary/aromatic N) is 3. The molecule has 1 fully saturated rings. The average molecular weight is 401 g/mol. The highest BCUT2D eigenvalue weighted by molar-refractivity contribution is 6.26. The van der Waals surface area contributed by atoms with Gasteiger partial charge in [-0.3, -0.25) is 24.2 Å². The Morgan fingerprint density at radius 1 is 0.833 bits per heavy atom. The van der Waals surface area contributed by atoms with E-state index in [2.05, 4.69) is 9.88 Å². The number of carbonyl (C=O) groups excluding carboxylic acids is 3. The molecule has 0 atom stereocenters. The molecule has 0 aliphatic carbocycles. The van der Waals surface area contributed by atoms with Crippen molar-refractivity contribution in [2.24, 2.45) is 0 Å². The number of carbonyl (C=O) groups is 3. The molecule has 0 bridgehead atoms. The van der Waals surface area contributed by atoms with E-state index in [1.165, 1.54) is 0 Å². The first-order valence-corrected chi connectivity index (χ1v) is 10.0. The smallest absolute Gasteiger partial charge is 0.274 e.